The Balaban J connectivity index is 2.41. The first kappa shape index (κ1) is 14.6. The Morgan fingerprint density at radius 1 is 1.06 bits per heavy atom. The van der Waals surface area contributed by atoms with E-state index in [2.05, 4.69) is 31.2 Å². The lowest BCUT2D eigenvalue weighted by atomic mass is 10.0. The summed E-state index contributed by atoms with van der Waals surface area (Å²) in [5.41, 5.74) is 1.22. The van der Waals surface area contributed by atoms with Crippen LogP contribution >= 0.6 is 11.8 Å². The number of thioether (sulfide) groups is 1. The third kappa shape index (κ3) is 5.11. The molecule has 2 unspecified atom stereocenters. The molecule has 0 heterocycles. The van der Waals surface area contributed by atoms with Crippen LogP contribution in [0.4, 0.5) is 0 Å². The van der Waals surface area contributed by atoms with Crippen LogP contribution in [-0.4, -0.2) is 28.2 Å². The van der Waals surface area contributed by atoms with Gasteiger partial charge in [-0.15, -0.1) is 11.8 Å². The number of hydrogen-bond acceptors (Lipinski definition) is 3. The lowest BCUT2D eigenvalue weighted by molar-refractivity contribution is 0.0130. The quantitative estimate of drug-likeness (QED) is 0.735. The molecule has 0 saturated heterocycles. The molecule has 0 aliphatic rings. The van der Waals surface area contributed by atoms with Crippen molar-refractivity contribution in [1.29, 1.82) is 0 Å². The molecule has 0 aliphatic heterocycles. The fourth-order valence-corrected chi connectivity index (χ4v) is 2.36. The van der Waals surface area contributed by atoms with Gasteiger partial charge in [0.25, 0.3) is 0 Å². The number of aliphatic hydroxyl groups excluding tert-OH is 2. The van der Waals surface area contributed by atoms with Crippen molar-refractivity contribution in [2.24, 2.45) is 0 Å². The van der Waals surface area contributed by atoms with E-state index >= 15 is 0 Å². The molecular formula is C14H22O2S. The monoisotopic (exact) mass is 254 g/mol. The standard InChI is InChI=1S/C14H22O2S/c1-3-13(15)14(16)10-7-11-5-8-12(9-6-11)17-4-2/h5-6,8-9,13-16H,3-4,7,10H2,1-2H3. The highest BCUT2D eigenvalue weighted by atomic mass is 32.2. The van der Waals surface area contributed by atoms with Crippen molar-refractivity contribution in [2.75, 3.05) is 5.75 Å². The minimum atomic E-state index is -0.607. The molecule has 0 fully saturated rings. The van der Waals surface area contributed by atoms with Crippen LogP contribution in [0.15, 0.2) is 29.2 Å². The van der Waals surface area contributed by atoms with E-state index in [9.17, 15) is 10.2 Å². The van der Waals surface area contributed by atoms with Crippen LogP contribution in [0.1, 0.15) is 32.3 Å². The van der Waals surface area contributed by atoms with Crippen LogP contribution in [0.2, 0.25) is 0 Å². The van der Waals surface area contributed by atoms with Crippen LogP contribution < -0.4 is 0 Å². The third-order valence-corrected chi connectivity index (χ3v) is 3.72. The molecular weight excluding hydrogens is 232 g/mol. The molecule has 0 aliphatic carbocycles. The normalized spacial score (nSPS) is 14.6. The molecule has 0 saturated carbocycles. The molecule has 3 heteroatoms. The van der Waals surface area contributed by atoms with E-state index in [0.29, 0.717) is 12.8 Å². The van der Waals surface area contributed by atoms with Gasteiger partial charge in [-0.25, -0.2) is 0 Å². The van der Waals surface area contributed by atoms with Crippen molar-refractivity contribution < 1.29 is 10.2 Å². The molecule has 96 valence electrons. The average Bonchev–Trinajstić information content (AvgIpc) is 2.37. The van der Waals surface area contributed by atoms with Gasteiger partial charge in [-0.2, -0.15) is 0 Å². The highest BCUT2D eigenvalue weighted by molar-refractivity contribution is 7.99. The molecule has 0 bridgehead atoms. The Hall–Kier alpha value is -0.510. The lowest BCUT2D eigenvalue weighted by Crippen LogP contribution is -2.25. The first-order chi connectivity index (χ1) is 8.17. The molecule has 1 aromatic rings. The molecule has 1 rings (SSSR count). The maximum absolute atomic E-state index is 9.66. The van der Waals surface area contributed by atoms with E-state index in [1.165, 1.54) is 10.5 Å². The van der Waals surface area contributed by atoms with E-state index < -0.39 is 12.2 Å². The van der Waals surface area contributed by atoms with Crippen LogP contribution in [0.5, 0.6) is 0 Å². The fourth-order valence-electron chi connectivity index (χ4n) is 1.70. The first-order valence-corrected chi connectivity index (χ1v) is 7.23. The minimum absolute atomic E-state index is 0.593. The fraction of sp³-hybridized carbons (Fsp3) is 0.571. The summed E-state index contributed by atoms with van der Waals surface area (Å²) in [6.45, 7) is 4.02. The SMILES string of the molecule is CCSc1ccc(CCC(O)C(O)CC)cc1. The molecule has 1 aromatic carbocycles. The van der Waals surface area contributed by atoms with Crippen LogP contribution in [0.3, 0.4) is 0 Å². The van der Waals surface area contributed by atoms with Gasteiger partial charge in [0.05, 0.1) is 12.2 Å². The van der Waals surface area contributed by atoms with Crippen LogP contribution in [-0.2, 0) is 6.42 Å². The van der Waals surface area contributed by atoms with E-state index in [1.807, 2.05) is 18.7 Å². The van der Waals surface area contributed by atoms with E-state index in [4.69, 9.17) is 0 Å². The maximum Gasteiger partial charge on any atom is 0.0802 e. The van der Waals surface area contributed by atoms with Crippen molar-refractivity contribution in [1.82, 2.24) is 0 Å². The molecule has 2 N–H and O–H groups in total. The lowest BCUT2D eigenvalue weighted by Gasteiger charge is -2.15. The Bertz CT molecular complexity index is 311. The summed E-state index contributed by atoms with van der Waals surface area (Å²) in [6.07, 6.45) is 0.840. The van der Waals surface area contributed by atoms with Gasteiger partial charge < -0.3 is 10.2 Å². The maximum atomic E-state index is 9.66. The highest BCUT2D eigenvalue weighted by Crippen LogP contribution is 2.18. The number of benzene rings is 1. The minimum Gasteiger partial charge on any atom is -0.390 e. The predicted octanol–water partition coefficient (Wildman–Crippen LogP) is 2.86. The molecule has 0 spiro atoms. The summed E-state index contributed by atoms with van der Waals surface area (Å²) in [4.78, 5) is 1.28. The summed E-state index contributed by atoms with van der Waals surface area (Å²) in [7, 11) is 0. The van der Waals surface area contributed by atoms with Crippen molar-refractivity contribution in [3.05, 3.63) is 29.8 Å². The third-order valence-electron chi connectivity index (χ3n) is 2.83. The highest BCUT2D eigenvalue weighted by Gasteiger charge is 2.13. The molecule has 0 amide bonds. The van der Waals surface area contributed by atoms with E-state index in [0.717, 1.165) is 12.2 Å². The molecule has 0 aromatic heterocycles. The summed E-state index contributed by atoms with van der Waals surface area (Å²) < 4.78 is 0. The molecule has 2 nitrogen and oxygen atoms in total. The van der Waals surface area contributed by atoms with Crippen molar-refractivity contribution in [2.45, 2.75) is 50.2 Å². The zero-order valence-electron chi connectivity index (χ0n) is 10.6. The average molecular weight is 254 g/mol. The largest absolute Gasteiger partial charge is 0.390 e. The molecule has 2 atom stereocenters. The Labute approximate surface area is 108 Å². The number of rotatable bonds is 7. The van der Waals surface area contributed by atoms with Gasteiger partial charge in [-0.3, -0.25) is 0 Å². The predicted molar refractivity (Wildman–Crippen MR) is 73.5 cm³/mol. The first-order valence-electron chi connectivity index (χ1n) is 6.25. The summed E-state index contributed by atoms with van der Waals surface area (Å²) in [6, 6.07) is 8.43. The van der Waals surface area contributed by atoms with Gasteiger partial charge >= 0.3 is 0 Å². The van der Waals surface area contributed by atoms with Crippen LogP contribution in [0, 0.1) is 0 Å². The summed E-state index contributed by atoms with van der Waals surface area (Å²) >= 11 is 1.83. The number of hydrogen-bond donors (Lipinski definition) is 2. The van der Waals surface area contributed by atoms with E-state index in [-0.39, 0.29) is 0 Å². The second-order valence-electron chi connectivity index (χ2n) is 4.16. The van der Waals surface area contributed by atoms with Gasteiger partial charge in [0.2, 0.25) is 0 Å². The Kier molecular flexibility index (Phi) is 6.63. The number of aliphatic hydroxyl groups is 2. The summed E-state index contributed by atoms with van der Waals surface area (Å²) in [5.74, 6) is 1.08. The Morgan fingerprint density at radius 2 is 1.71 bits per heavy atom. The van der Waals surface area contributed by atoms with Crippen LogP contribution in [0.25, 0.3) is 0 Å². The molecule has 17 heavy (non-hydrogen) atoms. The zero-order chi connectivity index (χ0) is 12.7. The molecule has 0 radical (unpaired) electrons. The second kappa shape index (κ2) is 7.75. The van der Waals surface area contributed by atoms with Gasteiger partial charge in [-0.05, 0) is 42.7 Å². The smallest absolute Gasteiger partial charge is 0.0802 e. The van der Waals surface area contributed by atoms with Gasteiger partial charge in [0.1, 0.15) is 0 Å². The van der Waals surface area contributed by atoms with Crippen molar-refractivity contribution >= 4 is 11.8 Å². The van der Waals surface area contributed by atoms with Gasteiger partial charge in [-0.1, -0.05) is 26.0 Å². The topological polar surface area (TPSA) is 40.5 Å². The van der Waals surface area contributed by atoms with Crippen molar-refractivity contribution in [3.63, 3.8) is 0 Å². The second-order valence-corrected chi connectivity index (χ2v) is 5.50. The van der Waals surface area contributed by atoms with Crippen molar-refractivity contribution in [3.8, 4) is 0 Å². The van der Waals surface area contributed by atoms with Gasteiger partial charge in [0.15, 0.2) is 0 Å². The Morgan fingerprint density at radius 3 is 2.24 bits per heavy atom. The zero-order valence-corrected chi connectivity index (χ0v) is 11.4. The number of aryl methyl sites for hydroxylation is 1. The van der Waals surface area contributed by atoms with E-state index in [1.54, 1.807) is 0 Å². The summed E-state index contributed by atoms with van der Waals surface area (Å²) in [5, 5.41) is 19.1. The van der Waals surface area contributed by atoms with Gasteiger partial charge in [0, 0.05) is 4.90 Å².